The van der Waals surface area contributed by atoms with Gasteiger partial charge in [0.1, 0.15) is 0 Å². The van der Waals surface area contributed by atoms with Crippen molar-refractivity contribution < 1.29 is 25.2 Å². The van der Waals surface area contributed by atoms with Gasteiger partial charge in [-0.15, -0.1) is 0 Å². The third-order valence-corrected chi connectivity index (χ3v) is 4.98. The van der Waals surface area contributed by atoms with Crippen LogP contribution in [0.1, 0.15) is 40.5 Å². The highest BCUT2D eigenvalue weighted by molar-refractivity contribution is 8.63. The summed E-state index contributed by atoms with van der Waals surface area (Å²) >= 11 is 0. The maximum absolute atomic E-state index is 11.3. The van der Waals surface area contributed by atoms with Crippen LogP contribution in [0.15, 0.2) is 0 Å². The van der Waals surface area contributed by atoms with Gasteiger partial charge in [-0.3, -0.25) is 8.37 Å². The van der Waals surface area contributed by atoms with Gasteiger partial charge in [-0.05, 0) is 27.2 Å². The maximum Gasteiger partial charge on any atom is 0.400 e. The second-order valence-corrected chi connectivity index (χ2v) is 8.67. The molecule has 0 aliphatic heterocycles. The van der Waals surface area contributed by atoms with Crippen molar-refractivity contribution in [2.24, 2.45) is 0 Å². The van der Waals surface area contributed by atoms with Crippen LogP contribution in [0, 0.1) is 0 Å². The molecule has 0 unspecified atom stereocenters. The van der Waals surface area contributed by atoms with Gasteiger partial charge in [-0.1, -0.05) is 13.3 Å². The molecule has 0 saturated heterocycles. The fourth-order valence-electron chi connectivity index (χ4n) is 0.712. The average molecular weight is 274 g/mol. The zero-order chi connectivity index (χ0) is 13.0. The first-order valence-corrected chi connectivity index (χ1v) is 8.20. The summed E-state index contributed by atoms with van der Waals surface area (Å²) in [6, 6.07) is 0. The second kappa shape index (κ2) is 5.44. The molecule has 0 atom stereocenters. The Labute approximate surface area is 96.6 Å². The van der Waals surface area contributed by atoms with E-state index >= 15 is 0 Å². The molecule has 0 aromatic carbocycles. The molecule has 16 heavy (non-hydrogen) atoms. The molecule has 0 amide bonds. The molecular weight excluding hydrogens is 256 g/mol. The van der Waals surface area contributed by atoms with Crippen molar-refractivity contribution in [2.45, 2.75) is 46.1 Å². The van der Waals surface area contributed by atoms with E-state index in [0.29, 0.717) is 12.8 Å². The first-order chi connectivity index (χ1) is 7.02. The average Bonchev–Trinajstić information content (AvgIpc) is 1.99. The van der Waals surface area contributed by atoms with Gasteiger partial charge in [0.25, 0.3) is 0 Å². The van der Waals surface area contributed by atoms with E-state index in [1.807, 2.05) is 6.92 Å². The summed E-state index contributed by atoms with van der Waals surface area (Å²) in [6.45, 7) is 5.98. The number of unbranched alkanes of at least 4 members (excludes halogenated alkanes) is 1. The lowest BCUT2D eigenvalue weighted by atomic mass is 10.2. The minimum Gasteiger partial charge on any atom is -0.257 e. The van der Waals surface area contributed by atoms with E-state index in [1.54, 1.807) is 0 Å². The molecule has 0 bridgehead atoms. The zero-order valence-corrected chi connectivity index (χ0v) is 11.5. The Morgan fingerprint density at radius 3 is 1.88 bits per heavy atom. The van der Waals surface area contributed by atoms with E-state index in [9.17, 15) is 16.8 Å². The Bertz CT molecular complexity index is 400. The predicted molar refractivity (Wildman–Crippen MR) is 59.5 cm³/mol. The summed E-state index contributed by atoms with van der Waals surface area (Å²) in [5, 5.41) is 0. The fourth-order valence-corrected chi connectivity index (χ4v) is 3.27. The summed E-state index contributed by atoms with van der Waals surface area (Å²) in [6.07, 6.45) is 1.17. The van der Waals surface area contributed by atoms with Crippen LogP contribution in [0.3, 0.4) is 0 Å². The van der Waals surface area contributed by atoms with E-state index in [2.05, 4.69) is 8.37 Å². The summed E-state index contributed by atoms with van der Waals surface area (Å²) in [4.78, 5) is 0. The van der Waals surface area contributed by atoms with Crippen molar-refractivity contribution in [1.82, 2.24) is 0 Å². The molecule has 0 aromatic rings. The molecule has 0 radical (unpaired) electrons. The molecule has 8 heteroatoms. The van der Waals surface area contributed by atoms with Gasteiger partial charge < -0.3 is 0 Å². The Balaban J connectivity index is 4.75. The van der Waals surface area contributed by atoms with Crippen LogP contribution < -0.4 is 0 Å². The SMILES string of the molecule is CCCCOS(=O)(=O)S(=O)(=O)OC(C)(C)C. The highest BCUT2D eigenvalue weighted by atomic mass is 33.2. The highest BCUT2D eigenvalue weighted by Gasteiger charge is 2.36. The molecule has 0 rings (SSSR count). The molecule has 0 aromatic heterocycles. The Hall–Kier alpha value is -0.180. The smallest absolute Gasteiger partial charge is 0.257 e. The van der Waals surface area contributed by atoms with Gasteiger partial charge >= 0.3 is 18.3 Å². The first-order valence-electron chi connectivity index (χ1n) is 4.87. The second-order valence-electron chi connectivity index (χ2n) is 4.19. The monoisotopic (exact) mass is 274 g/mol. The molecule has 0 spiro atoms. The molecule has 6 nitrogen and oxygen atoms in total. The van der Waals surface area contributed by atoms with Crippen molar-refractivity contribution in [3.63, 3.8) is 0 Å². The molecule has 0 saturated carbocycles. The summed E-state index contributed by atoms with van der Waals surface area (Å²) in [5.41, 5.74) is -1.11. The van der Waals surface area contributed by atoms with E-state index in [4.69, 9.17) is 0 Å². The van der Waals surface area contributed by atoms with E-state index < -0.39 is 23.9 Å². The Morgan fingerprint density at radius 1 is 1.00 bits per heavy atom. The lowest BCUT2D eigenvalue weighted by molar-refractivity contribution is 0.143. The highest BCUT2D eigenvalue weighted by Crippen LogP contribution is 2.17. The van der Waals surface area contributed by atoms with Gasteiger partial charge in [0.15, 0.2) is 0 Å². The van der Waals surface area contributed by atoms with Crippen molar-refractivity contribution in [3.05, 3.63) is 0 Å². The van der Waals surface area contributed by atoms with Gasteiger partial charge in [0, 0.05) is 0 Å². The van der Waals surface area contributed by atoms with Crippen LogP contribution in [-0.4, -0.2) is 29.0 Å². The van der Waals surface area contributed by atoms with Gasteiger partial charge in [-0.25, -0.2) is 0 Å². The quantitative estimate of drug-likeness (QED) is 0.534. The third kappa shape index (κ3) is 5.24. The maximum atomic E-state index is 11.3. The molecule has 0 aliphatic carbocycles. The van der Waals surface area contributed by atoms with Crippen LogP contribution in [0.2, 0.25) is 0 Å². The van der Waals surface area contributed by atoms with Crippen molar-refractivity contribution in [1.29, 1.82) is 0 Å². The number of rotatable bonds is 6. The van der Waals surface area contributed by atoms with Crippen molar-refractivity contribution in [3.8, 4) is 0 Å². The minimum absolute atomic E-state index is 0.161. The fraction of sp³-hybridized carbons (Fsp3) is 1.00. The van der Waals surface area contributed by atoms with Gasteiger partial charge in [0.05, 0.1) is 12.2 Å². The summed E-state index contributed by atoms with van der Waals surface area (Å²) in [5.74, 6) is 0. The lowest BCUT2D eigenvalue weighted by Gasteiger charge is -2.18. The number of hydrogen-bond acceptors (Lipinski definition) is 6. The molecule has 0 fully saturated rings. The molecule has 0 N–H and O–H groups in total. The van der Waals surface area contributed by atoms with Gasteiger partial charge in [0.2, 0.25) is 0 Å². The zero-order valence-electron chi connectivity index (χ0n) is 9.89. The minimum atomic E-state index is -4.75. The van der Waals surface area contributed by atoms with Crippen LogP contribution in [0.4, 0.5) is 0 Å². The van der Waals surface area contributed by atoms with Gasteiger partial charge in [-0.2, -0.15) is 16.8 Å². The predicted octanol–water partition coefficient (Wildman–Crippen LogP) is 1.19. The normalized spacial score (nSPS) is 14.0. The van der Waals surface area contributed by atoms with E-state index in [-0.39, 0.29) is 6.61 Å². The third-order valence-electron chi connectivity index (χ3n) is 1.33. The van der Waals surface area contributed by atoms with Crippen molar-refractivity contribution in [2.75, 3.05) is 6.61 Å². The molecule has 0 aliphatic rings. The van der Waals surface area contributed by atoms with Crippen molar-refractivity contribution >= 4 is 18.3 Å². The summed E-state index contributed by atoms with van der Waals surface area (Å²) < 4.78 is 54.0. The van der Waals surface area contributed by atoms with E-state index in [1.165, 1.54) is 20.8 Å². The molecular formula is C8H18O6S2. The largest absolute Gasteiger partial charge is 0.400 e. The van der Waals surface area contributed by atoms with Crippen LogP contribution in [0.5, 0.6) is 0 Å². The van der Waals surface area contributed by atoms with E-state index in [0.717, 1.165) is 0 Å². The number of hydrogen-bond donors (Lipinski definition) is 0. The summed E-state index contributed by atoms with van der Waals surface area (Å²) in [7, 11) is -9.46. The standard InChI is InChI=1S/C8H18O6S2/c1-5-6-7-13-15(9,10)16(11,12)14-8(2,3)4/h5-7H2,1-4H3. The van der Waals surface area contributed by atoms with Crippen LogP contribution in [-0.2, 0) is 26.7 Å². The Morgan fingerprint density at radius 2 is 1.50 bits per heavy atom. The molecule has 98 valence electrons. The molecule has 0 heterocycles. The topological polar surface area (TPSA) is 86.7 Å². The first kappa shape index (κ1) is 15.8. The Kier molecular flexibility index (Phi) is 5.37. The van der Waals surface area contributed by atoms with Crippen LogP contribution >= 0.6 is 0 Å². The lowest BCUT2D eigenvalue weighted by Crippen LogP contribution is -2.30. The van der Waals surface area contributed by atoms with Crippen LogP contribution in [0.25, 0.3) is 0 Å².